The average molecular weight is 331 g/mol. The average Bonchev–Trinajstić information content (AvgIpc) is 2.37. The molecule has 0 aliphatic rings. The van der Waals surface area contributed by atoms with Gasteiger partial charge in [-0.1, -0.05) is 6.92 Å². The SMILES string of the molecule is CCCSCC(O)CSCCCSCC(O)CS. The van der Waals surface area contributed by atoms with Crippen LogP contribution in [0.5, 0.6) is 0 Å². The van der Waals surface area contributed by atoms with Gasteiger partial charge in [-0.2, -0.15) is 47.9 Å². The molecule has 2 unspecified atom stereocenters. The number of thioether (sulfide) groups is 3. The number of aliphatic hydroxyl groups is 2. The van der Waals surface area contributed by atoms with Crippen LogP contribution in [-0.2, 0) is 0 Å². The molecule has 0 radical (unpaired) electrons. The van der Waals surface area contributed by atoms with Gasteiger partial charge in [0.05, 0.1) is 12.2 Å². The minimum Gasteiger partial charge on any atom is -0.391 e. The molecule has 0 saturated carbocycles. The first kappa shape index (κ1) is 19.3. The van der Waals surface area contributed by atoms with E-state index in [2.05, 4.69) is 19.6 Å². The highest BCUT2D eigenvalue weighted by molar-refractivity contribution is 8.00. The van der Waals surface area contributed by atoms with Crippen molar-refractivity contribution in [3.05, 3.63) is 0 Å². The van der Waals surface area contributed by atoms with Gasteiger partial charge in [-0.3, -0.25) is 0 Å². The predicted octanol–water partition coefficient (Wildman–Crippen LogP) is 2.64. The van der Waals surface area contributed by atoms with E-state index in [1.807, 2.05) is 23.5 Å². The summed E-state index contributed by atoms with van der Waals surface area (Å²) < 4.78 is 0. The second-order valence-electron chi connectivity index (χ2n) is 4.07. The molecule has 110 valence electrons. The van der Waals surface area contributed by atoms with Crippen molar-refractivity contribution in [3.63, 3.8) is 0 Å². The summed E-state index contributed by atoms with van der Waals surface area (Å²) in [4.78, 5) is 0. The lowest BCUT2D eigenvalue weighted by atomic mass is 10.5. The molecule has 0 heterocycles. The third-order valence-electron chi connectivity index (χ3n) is 2.07. The number of thiol groups is 1. The second-order valence-corrected chi connectivity index (χ2v) is 7.88. The number of hydrogen-bond acceptors (Lipinski definition) is 6. The molecule has 2 N–H and O–H groups in total. The van der Waals surface area contributed by atoms with Gasteiger partial charge < -0.3 is 10.2 Å². The third kappa shape index (κ3) is 13.7. The van der Waals surface area contributed by atoms with Crippen molar-refractivity contribution in [2.45, 2.75) is 32.0 Å². The van der Waals surface area contributed by atoms with Crippen LogP contribution in [0.3, 0.4) is 0 Å². The Morgan fingerprint density at radius 2 is 1.39 bits per heavy atom. The van der Waals surface area contributed by atoms with Gasteiger partial charge in [-0.05, 0) is 30.1 Å². The molecule has 0 aromatic heterocycles. The highest BCUT2D eigenvalue weighted by atomic mass is 32.2. The molecular formula is C12H26O2S4. The van der Waals surface area contributed by atoms with E-state index in [4.69, 9.17) is 0 Å². The van der Waals surface area contributed by atoms with Crippen molar-refractivity contribution in [3.8, 4) is 0 Å². The molecule has 0 aromatic rings. The molecule has 0 saturated heterocycles. The smallest absolute Gasteiger partial charge is 0.0720 e. The summed E-state index contributed by atoms with van der Waals surface area (Å²) in [6.45, 7) is 2.16. The Morgan fingerprint density at radius 1 is 0.889 bits per heavy atom. The van der Waals surface area contributed by atoms with Crippen molar-refractivity contribution in [2.75, 3.05) is 40.3 Å². The van der Waals surface area contributed by atoms with E-state index in [0.717, 1.165) is 40.9 Å². The molecule has 2 nitrogen and oxygen atoms in total. The summed E-state index contributed by atoms with van der Waals surface area (Å²) >= 11 is 9.48. The van der Waals surface area contributed by atoms with Crippen molar-refractivity contribution in [1.29, 1.82) is 0 Å². The molecular weight excluding hydrogens is 304 g/mol. The van der Waals surface area contributed by atoms with Gasteiger partial charge in [0, 0.05) is 23.0 Å². The number of rotatable bonds is 13. The van der Waals surface area contributed by atoms with Gasteiger partial charge in [0.15, 0.2) is 0 Å². The second kappa shape index (κ2) is 14.7. The fraction of sp³-hybridized carbons (Fsp3) is 1.00. The van der Waals surface area contributed by atoms with Crippen LogP contribution in [0.15, 0.2) is 0 Å². The Labute approximate surface area is 130 Å². The summed E-state index contributed by atoms with van der Waals surface area (Å²) in [6.07, 6.45) is 1.89. The van der Waals surface area contributed by atoms with Gasteiger partial charge in [-0.25, -0.2) is 0 Å². The number of aliphatic hydroxyl groups excluding tert-OH is 2. The highest BCUT2D eigenvalue weighted by Crippen LogP contribution is 2.13. The van der Waals surface area contributed by atoms with Gasteiger partial charge >= 0.3 is 0 Å². The molecule has 0 aliphatic carbocycles. The van der Waals surface area contributed by atoms with E-state index in [1.165, 1.54) is 6.42 Å². The molecule has 18 heavy (non-hydrogen) atoms. The summed E-state index contributed by atoms with van der Waals surface area (Å²) in [6, 6.07) is 0. The minimum atomic E-state index is -0.275. The van der Waals surface area contributed by atoms with E-state index in [0.29, 0.717) is 5.75 Å². The normalized spacial score (nSPS) is 14.7. The topological polar surface area (TPSA) is 40.5 Å². The maximum Gasteiger partial charge on any atom is 0.0720 e. The minimum absolute atomic E-state index is 0.162. The Kier molecular flexibility index (Phi) is 15.8. The van der Waals surface area contributed by atoms with E-state index in [-0.39, 0.29) is 12.2 Å². The van der Waals surface area contributed by atoms with Crippen LogP contribution in [0, 0.1) is 0 Å². The third-order valence-corrected chi connectivity index (χ3v) is 6.20. The van der Waals surface area contributed by atoms with Gasteiger partial charge in [0.25, 0.3) is 0 Å². The molecule has 0 bridgehead atoms. The van der Waals surface area contributed by atoms with Crippen LogP contribution in [-0.4, -0.2) is 62.7 Å². The summed E-state index contributed by atoms with van der Waals surface area (Å²) in [5.74, 6) is 6.36. The molecule has 0 aromatic carbocycles. The maximum atomic E-state index is 9.69. The fourth-order valence-electron chi connectivity index (χ4n) is 1.17. The largest absolute Gasteiger partial charge is 0.391 e. The van der Waals surface area contributed by atoms with E-state index < -0.39 is 0 Å². The lowest BCUT2D eigenvalue weighted by molar-refractivity contribution is 0.225. The lowest BCUT2D eigenvalue weighted by Gasteiger charge is -2.10. The van der Waals surface area contributed by atoms with E-state index >= 15 is 0 Å². The van der Waals surface area contributed by atoms with Crippen molar-refractivity contribution >= 4 is 47.9 Å². The Hall–Kier alpha value is 1.32. The van der Waals surface area contributed by atoms with Crippen molar-refractivity contribution in [1.82, 2.24) is 0 Å². The molecule has 0 rings (SSSR count). The van der Waals surface area contributed by atoms with Crippen molar-refractivity contribution < 1.29 is 10.2 Å². The zero-order valence-corrected chi connectivity index (χ0v) is 14.4. The Bertz CT molecular complexity index is 172. The molecule has 6 heteroatoms. The highest BCUT2D eigenvalue weighted by Gasteiger charge is 2.04. The molecule has 0 amide bonds. The summed E-state index contributed by atoms with van der Waals surface area (Å²) in [5.41, 5.74) is 0. The van der Waals surface area contributed by atoms with Gasteiger partial charge in [0.1, 0.15) is 0 Å². The van der Waals surface area contributed by atoms with Crippen LogP contribution >= 0.6 is 47.9 Å². The standard InChI is InChI=1S/C12H26O2S4/c1-2-4-16-9-12(14)10-18-6-3-5-17-8-11(13)7-15/h11-15H,2-10H2,1H3. The first-order valence-corrected chi connectivity index (χ1v) is 10.5. The lowest BCUT2D eigenvalue weighted by Crippen LogP contribution is -2.14. The first-order chi connectivity index (χ1) is 8.70. The Balaban J connectivity index is 3.14. The molecule has 0 spiro atoms. The van der Waals surface area contributed by atoms with Crippen LogP contribution in [0.2, 0.25) is 0 Å². The van der Waals surface area contributed by atoms with Crippen LogP contribution in [0.4, 0.5) is 0 Å². The molecule has 2 atom stereocenters. The van der Waals surface area contributed by atoms with Crippen LogP contribution < -0.4 is 0 Å². The number of hydrogen-bond donors (Lipinski definition) is 3. The summed E-state index contributed by atoms with van der Waals surface area (Å²) in [7, 11) is 0. The quantitative estimate of drug-likeness (QED) is 0.358. The van der Waals surface area contributed by atoms with Crippen LogP contribution in [0.1, 0.15) is 19.8 Å². The predicted molar refractivity (Wildman–Crippen MR) is 92.7 cm³/mol. The summed E-state index contributed by atoms with van der Waals surface area (Å²) in [5, 5.41) is 19.0. The van der Waals surface area contributed by atoms with Crippen molar-refractivity contribution in [2.24, 2.45) is 0 Å². The zero-order chi connectivity index (χ0) is 13.6. The maximum absolute atomic E-state index is 9.69. The van der Waals surface area contributed by atoms with E-state index in [1.54, 1.807) is 11.8 Å². The van der Waals surface area contributed by atoms with Gasteiger partial charge in [0.2, 0.25) is 0 Å². The zero-order valence-electron chi connectivity index (χ0n) is 11.1. The van der Waals surface area contributed by atoms with E-state index in [9.17, 15) is 10.2 Å². The molecule has 0 aliphatic heterocycles. The molecule has 0 fully saturated rings. The van der Waals surface area contributed by atoms with Gasteiger partial charge in [-0.15, -0.1) is 0 Å². The fourth-order valence-corrected chi connectivity index (χ4v) is 4.46. The van der Waals surface area contributed by atoms with Crippen LogP contribution in [0.25, 0.3) is 0 Å². The first-order valence-electron chi connectivity index (χ1n) is 6.40. The monoisotopic (exact) mass is 330 g/mol. The Morgan fingerprint density at radius 3 is 1.89 bits per heavy atom.